The molecule has 2 aromatic carbocycles. The molecule has 0 aliphatic carbocycles. The number of anilines is 1. The lowest BCUT2D eigenvalue weighted by Gasteiger charge is -2.08. The zero-order valence-corrected chi connectivity index (χ0v) is 10.8. The largest absolute Gasteiger partial charge is 0.381 e. The molecule has 2 rings (SSSR count). The Hall–Kier alpha value is -2.16. The molecule has 0 saturated carbocycles. The van der Waals surface area contributed by atoms with Crippen LogP contribution in [0.4, 0.5) is 10.1 Å². The van der Waals surface area contributed by atoms with Crippen molar-refractivity contribution in [2.45, 2.75) is 19.9 Å². The molecule has 0 aliphatic rings. The van der Waals surface area contributed by atoms with Crippen LogP contribution < -0.4 is 5.32 Å². The van der Waals surface area contributed by atoms with E-state index < -0.39 is 0 Å². The summed E-state index contributed by atoms with van der Waals surface area (Å²) < 4.78 is 13.4. The maximum Gasteiger partial charge on any atom is 0.162 e. The molecule has 0 spiro atoms. The van der Waals surface area contributed by atoms with E-state index in [1.807, 2.05) is 25.1 Å². The normalized spacial score (nSPS) is 10.2. The molecule has 0 aliphatic heterocycles. The molecule has 0 saturated heterocycles. The van der Waals surface area contributed by atoms with Crippen LogP contribution in [0.5, 0.6) is 0 Å². The van der Waals surface area contributed by atoms with Gasteiger partial charge in [-0.3, -0.25) is 4.79 Å². The minimum atomic E-state index is -0.215. The van der Waals surface area contributed by atoms with Crippen molar-refractivity contribution in [1.82, 2.24) is 0 Å². The van der Waals surface area contributed by atoms with Crippen LogP contribution in [-0.2, 0) is 6.54 Å². The fourth-order valence-electron chi connectivity index (χ4n) is 1.82. The summed E-state index contributed by atoms with van der Waals surface area (Å²) in [5.74, 6) is -0.0894. The molecule has 0 aromatic heterocycles. The van der Waals surface area contributed by atoms with Gasteiger partial charge < -0.3 is 5.32 Å². The molecule has 3 heteroatoms. The van der Waals surface area contributed by atoms with E-state index in [0.717, 1.165) is 5.69 Å². The summed E-state index contributed by atoms with van der Waals surface area (Å²) in [5.41, 5.74) is 2.20. The highest BCUT2D eigenvalue weighted by atomic mass is 19.1. The monoisotopic (exact) mass is 257 g/mol. The number of Topliss-reactive ketones (excluding diaryl/α,β-unsaturated/α-hetero) is 1. The molecule has 1 N–H and O–H groups in total. The molecule has 2 nitrogen and oxygen atoms in total. The van der Waals surface area contributed by atoms with E-state index in [1.165, 1.54) is 6.07 Å². The Morgan fingerprint density at radius 1 is 1.11 bits per heavy atom. The van der Waals surface area contributed by atoms with Crippen LogP contribution in [0.2, 0.25) is 0 Å². The first-order valence-electron chi connectivity index (χ1n) is 6.31. The molecule has 0 radical (unpaired) electrons. The standard InChI is InChI=1S/C16H16FNO/c1-2-16(19)12-7-9-14(10-8-12)18-11-13-5-3-4-6-15(13)17/h3-10,18H,2,11H2,1H3. The van der Waals surface area contributed by atoms with Crippen molar-refractivity contribution in [3.8, 4) is 0 Å². The molecule has 98 valence electrons. The van der Waals surface area contributed by atoms with Crippen molar-refractivity contribution in [2.24, 2.45) is 0 Å². The predicted octanol–water partition coefficient (Wildman–Crippen LogP) is 4.03. The number of halogens is 1. The Morgan fingerprint density at radius 3 is 2.42 bits per heavy atom. The van der Waals surface area contributed by atoms with Gasteiger partial charge in [0.1, 0.15) is 5.82 Å². The van der Waals surface area contributed by atoms with Crippen molar-refractivity contribution in [3.63, 3.8) is 0 Å². The second-order valence-corrected chi connectivity index (χ2v) is 4.30. The van der Waals surface area contributed by atoms with Crippen molar-refractivity contribution in [3.05, 3.63) is 65.5 Å². The van der Waals surface area contributed by atoms with Gasteiger partial charge >= 0.3 is 0 Å². The molecule has 0 bridgehead atoms. The fourth-order valence-corrected chi connectivity index (χ4v) is 1.82. The third-order valence-corrected chi connectivity index (χ3v) is 2.97. The van der Waals surface area contributed by atoms with Gasteiger partial charge in [-0.15, -0.1) is 0 Å². The van der Waals surface area contributed by atoms with E-state index >= 15 is 0 Å². The zero-order valence-electron chi connectivity index (χ0n) is 10.8. The lowest BCUT2D eigenvalue weighted by Crippen LogP contribution is -2.02. The molecule has 0 fully saturated rings. The number of benzene rings is 2. The Kier molecular flexibility index (Phi) is 4.29. The van der Waals surface area contributed by atoms with Gasteiger partial charge in [-0.1, -0.05) is 25.1 Å². The summed E-state index contributed by atoms with van der Waals surface area (Å²) >= 11 is 0. The van der Waals surface area contributed by atoms with E-state index in [4.69, 9.17) is 0 Å². The molecular formula is C16H16FNO. The minimum Gasteiger partial charge on any atom is -0.381 e. The summed E-state index contributed by atoms with van der Waals surface area (Å²) in [6.07, 6.45) is 0.502. The topological polar surface area (TPSA) is 29.1 Å². The van der Waals surface area contributed by atoms with E-state index in [9.17, 15) is 9.18 Å². The number of hydrogen-bond donors (Lipinski definition) is 1. The number of carbonyl (C=O) groups is 1. The van der Waals surface area contributed by atoms with E-state index in [2.05, 4.69) is 5.32 Å². The van der Waals surface area contributed by atoms with Gasteiger partial charge in [0.15, 0.2) is 5.78 Å². The van der Waals surface area contributed by atoms with Crippen molar-refractivity contribution in [1.29, 1.82) is 0 Å². The Bertz CT molecular complexity index is 563. The van der Waals surface area contributed by atoms with Gasteiger partial charge in [0, 0.05) is 29.8 Å². The van der Waals surface area contributed by atoms with Gasteiger partial charge in [0.25, 0.3) is 0 Å². The maximum absolute atomic E-state index is 13.4. The molecule has 0 unspecified atom stereocenters. The number of ketones is 1. The van der Waals surface area contributed by atoms with E-state index in [0.29, 0.717) is 24.1 Å². The van der Waals surface area contributed by atoms with Crippen molar-refractivity contribution >= 4 is 11.5 Å². The summed E-state index contributed by atoms with van der Waals surface area (Å²) in [7, 11) is 0. The molecular weight excluding hydrogens is 241 g/mol. The number of carbonyl (C=O) groups excluding carboxylic acids is 1. The summed E-state index contributed by atoms with van der Waals surface area (Å²) in [6, 6.07) is 13.9. The average molecular weight is 257 g/mol. The van der Waals surface area contributed by atoms with E-state index in [-0.39, 0.29) is 11.6 Å². The lowest BCUT2D eigenvalue weighted by atomic mass is 10.1. The first-order valence-corrected chi connectivity index (χ1v) is 6.31. The van der Waals surface area contributed by atoms with Crippen molar-refractivity contribution in [2.75, 3.05) is 5.32 Å². The van der Waals surface area contributed by atoms with Crippen LogP contribution in [0.25, 0.3) is 0 Å². The number of hydrogen-bond acceptors (Lipinski definition) is 2. The lowest BCUT2D eigenvalue weighted by molar-refractivity contribution is 0.0988. The van der Waals surface area contributed by atoms with E-state index in [1.54, 1.807) is 24.3 Å². The SMILES string of the molecule is CCC(=O)c1ccc(NCc2ccccc2F)cc1. The van der Waals surface area contributed by atoms with Gasteiger partial charge in [-0.25, -0.2) is 4.39 Å². The van der Waals surface area contributed by atoms with Crippen LogP contribution in [0.3, 0.4) is 0 Å². The third-order valence-electron chi connectivity index (χ3n) is 2.97. The third kappa shape index (κ3) is 3.41. The second kappa shape index (κ2) is 6.14. The molecule has 0 heterocycles. The van der Waals surface area contributed by atoms with Gasteiger partial charge in [-0.2, -0.15) is 0 Å². The first kappa shape index (κ1) is 13.3. The molecule has 0 amide bonds. The quantitative estimate of drug-likeness (QED) is 0.819. The van der Waals surface area contributed by atoms with Gasteiger partial charge in [0.2, 0.25) is 0 Å². The number of rotatable bonds is 5. The first-order chi connectivity index (χ1) is 9.20. The fraction of sp³-hybridized carbons (Fsp3) is 0.188. The maximum atomic E-state index is 13.4. The minimum absolute atomic E-state index is 0.126. The summed E-state index contributed by atoms with van der Waals surface area (Å²) in [5, 5.41) is 3.13. The predicted molar refractivity (Wildman–Crippen MR) is 74.8 cm³/mol. The Labute approximate surface area is 112 Å². The van der Waals surface area contributed by atoms with Crippen molar-refractivity contribution < 1.29 is 9.18 Å². The smallest absolute Gasteiger partial charge is 0.162 e. The summed E-state index contributed by atoms with van der Waals surface area (Å²) in [6.45, 7) is 2.26. The molecule has 19 heavy (non-hydrogen) atoms. The highest BCUT2D eigenvalue weighted by molar-refractivity contribution is 5.96. The molecule has 0 atom stereocenters. The van der Waals surface area contributed by atoms with Crippen LogP contribution in [0.15, 0.2) is 48.5 Å². The average Bonchev–Trinajstić information content (AvgIpc) is 2.46. The summed E-state index contributed by atoms with van der Waals surface area (Å²) in [4.78, 5) is 11.5. The van der Waals surface area contributed by atoms with Gasteiger partial charge in [-0.05, 0) is 30.3 Å². The molecule has 2 aromatic rings. The van der Waals surface area contributed by atoms with Crippen LogP contribution in [0.1, 0.15) is 29.3 Å². The highest BCUT2D eigenvalue weighted by Gasteiger charge is 2.03. The van der Waals surface area contributed by atoms with Crippen LogP contribution in [0, 0.1) is 5.82 Å². The van der Waals surface area contributed by atoms with Gasteiger partial charge in [0.05, 0.1) is 0 Å². The zero-order chi connectivity index (χ0) is 13.7. The van der Waals surface area contributed by atoms with Crippen LogP contribution >= 0.6 is 0 Å². The Balaban J connectivity index is 2.01. The highest BCUT2D eigenvalue weighted by Crippen LogP contribution is 2.13. The second-order valence-electron chi connectivity index (χ2n) is 4.30. The Morgan fingerprint density at radius 2 is 1.79 bits per heavy atom. The van der Waals surface area contributed by atoms with Crippen LogP contribution in [-0.4, -0.2) is 5.78 Å². The number of nitrogens with one attached hydrogen (secondary N) is 1.